The molecule has 0 spiro atoms. The Morgan fingerprint density at radius 2 is 1.90 bits per heavy atom. The molecule has 0 saturated heterocycles. The molecule has 118 valence electrons. The number of nitrogens with one attached hydrogen (secondary N) is 1. The summed E-state index contributed by atoms with van der Waals surface area (Å²) < 4.78 is 59.4. The summed E-state index contributed by atoms with van der Waals surface area (Å²) in [5.41, 5.74) is -0.0154. The monoisotopic (exact) mass is 328 g/mol. The van der Waals surface area contributed by atoms with Crippen LogP contribution in [-0.4, -0.2) is 26.1 Å². The molecule has 0 aliphatic rings. The van der Waals surface area contributed by atoms with E-state index in [1.165, 1.54) is 18.7 Å². The van der Waals surface area contributed by atoms with Gasteiger partial charge in [0.1, 0.15) is 0 Å². The van der Waals surface area contributed by atoms with Crippen LogP contribution in [0.3, 0.4) is 0 Å². The summed E-state index contributed by atoms with van der Waals surface area (Å²) in [7, 11) is -4.47. The second-order valence-corrected chi connectivity index (χ2v) is 5.75. The smallest absolute Gasteiger partial charge is 0.277 e. The second kappa shape index (κ2) is 5.95. The standard InChI is InChI=1S/C10H11F3N2O5S/c1-6-3-8(15(16)17)4-9(7(6)2)21(18,19)14-20-5-10(11,12)13/h3-4,14H,5H2,1-2H3. The zero-order valence-electron chi connectivity index (χ0n) is 10.9. The van der Waals surface area contributed by atoms with Crippen molar-refractivity contribution >= 4 is 15.7 Å². The van der Waals surface area contributed by atoms with E-state index in [0.717, 1.165) is 12.1 Å². The van der Waals surface area contributed by atoms with Gasteiger partial charge in [0.25, 0.3) is 15.7 Å². The number of hydrogen-bond donors (Lipinski definition) is 1. The minimum Gasteiger partial charge on any atom is -0.277 e. The van der Waals surface area contributed by atoms with Crippen molar-refractivity contribution in [3.63, 3.8) is 0 Å². The van der Waals surface area contributed by atoms with Crippen LogP contribution in [0.25, 0.3) is 0 Å². The van der Waals surface area contributed by atoms with Crippen LogP contribution in [0.4, 0.5) is 18.9 Å². The number of halogens is 3. The van der Waals surface area contributed by atoms with E-state index in [4.69, 9.17) is 0 Å². The number of non-ortho nitro benzene ring substituents is 1. The van der Waals surface area contributed by atoms with Crippen molar-refractivity contribution in [1.29, 1.82) is 0 Å². The number of hydrogen-bond acceptors (Lipinski definition) is 5. The summed E-state index contributed by atoms with van der Waals surface area (Å²) in [6, 6.07) is 1.91. The van der Waals surface area contributed by atoms with Crippen molar-refractivity contribution in [3.05, 3.63) is 33.4 Å². The van der Waals surface area contributed by atoms with Crippen LogP contribution in [0.5, 0.6) is 0 Å². The van der Waals surface area contributed by atoms with Gasteiger partial charge in [0.2, 0.25) is 0 Å². The predicted octanol–water partition coefficient (Wildman–Crippen LogP) is 1.98. The number of sulfonamides is 1. The number of aryl methyl sites for hydroxylation is 1. The lowest BCUT2D eigenvalue weighted by atomic mass is 10.1. The van der Waals surface area contributed by atoms with Gasteiger partial charge in [0.05, 0.1) is 9.82 Å². The molecule has 0 radical (unpaired) electrons. The molecule has 1 N–H and O–H groups in total. The van der Waals surface area contributed by atoms with Crippen LogP contribution in [0.15, 0.2) is 17.0 Å². The molecule has 1 aromatic carbocycles. The fourth-order valence-electron chi connectivity index (χ4n) is 1.43. The van der Waals surface area contributed by atoms with Crippen molar-refractivity contribution < 1.29 is 31.3 Å². The molecule has 1 rings (SSSR count). The molecule has 0 fully saturated rings. The van der Waals surface area contributed by atoms with Gasteiger partial charge in [-0.1, -0.05) is 4.89 Å². The summed E-state index contributed by atoms with van der Waals surface area (Å²) in [6.45, 7) is 0.995. The first-order valence-electron chi connectivity index (χ1n) is 5.40. The first-order valence-corrected chi connectivity index (χ1v) is 6.88. The van der Waals surface area contributed by atoms with Crippen molar-refractivity contribution in [3.8, 4) is 0 Å². The third-order valence-electron chi connectivity index (χ3n) is 2.51. The maximum absolute atomic E-state index is 11.9. The highest BCUT2D eigenvalue weighted by atomic mass is 32.2. The number of alkyl halides is 3. The Labute approximate surface area is 117 Å². The van der Waals surface area contributed by atoms with Crippen molar-refractivity contribution in [2.24, 2.45) is 0 Å². The van der Waals surface area contributed by atoms with E-state index in [9.17, 15) is 31.7 Å². The average Bonchev–Trinajstić information content (AvgIpc) is 2.29. The Morgan fingerprint density at radius 3 is 2.38 bits per heavy atom. The van der Waals surface area contributed by atoms with E-state index in [0.29, 0.717) is 5.56 Å². The molecule has 0 amide bonds. The molecule has 7 nitrogen and oxygen atoms in total. The Bertz CT molecular complexity index is 657. The Balaban J connectivity index is 3.11. The molecule has 21 heavy (non-hydrogen) atoms. The van der Waals surface area contributed by atoms with Gasteiger partial charge in [-0.2, -0.15) is 13.2 Å². The van der Waals surface area contributed by atoms with E-state index >= 15 is 0 Å². The first kappa shape index (κ1) is 17.3. The van der Waals surface area contributed by atoms with Crippen molar-refractivity contribution in [2.75, 3.05) is 6.61 Å². The van der Waals surface area contributed by atoms with E-state index in [1.54, 1.807) is 0 Å². The molecule has 0 saturated carbocycles. The summed E-state index contributed by atoms with van der Waals surface area (Å²) in [4.78, 5) is 14.6. The van der Waals surface area contributed by atoms with E-state index in [-0.39, 0.29) is 5.56 Å². The zero-order chi connectivity index (χ0) is 16.4. The van der Waals surface area contributed by atoms with Gasteiger partial charge in [-0.15, -0.1) is 0 Å². The van der Waals surface area contributed by atoms with Crippen LogP contribution in [0.1, 0.15) is 11.1 Å². The number of rotatable bonds is 5. The van der Waals surface area contributed by atoms with Gasteiger partial charge >= 0.3 is 6.18 Å². The third kappa shape index (κ3) is 4.65. The van der Waals surface area contributed by atoms with Crippen LogP contribution in [-0.2, 0) is 14.9 Å². The normalized spacial score (nSPS) is 12.4. The lowest BCUT2D eigenvalue weighted by Crippen LogP contribution is -2.30. The highest BCUT2D eigenvalue weighted by Gasteiger charge is 2.30. The molecule has 0 unspecified atom stereocenters. The van der Waals surface area contributed by atoms with Crippen LogP contribution >= 0.6 is 0 Å². The Morgan fingerprint density at radius 1 is 1.33 bits per heavy atom. The van der Waals surface area contributed by atoms with Gasteiger partial charge in [0.15, 0.2) is 6.61 Å². The molecule has 0 bridgehead atoms. The Kier molecular flexibility index (Phi) is 4.91. The largest absolute Gasteiger partial charge is 0.413 e. The van der Waals surface area contributed by atoms with E-state index in [2.05, 4.69) is 4.84 Å². The maximum Gasteiger partial charge on any atom is 0.413 e. The molecule has 0 aliphatic carbocycles. The SMILES string of the molecule is Cc1cc([N+](=O)[O-])cc(S(=O)(=O)NOCC(F)(F)F)c1C. The highest BCUT2D eigenvalue weighted by molar-refractivity contribution is 7.89. The van der Waals surface area contributed by atoms with E-state index in [1.807, 2.05) is 0 Å². The number of nitrogens with zero attached hydrogens (tertiary/aromatic N) is 1. The lowest BCUT2D eigenvalue weighted by molar-refractivity contribution is -0.385. The molecule has 0 aliphatic heterocycles. The van der Waals surface area contributed by atoms with Gasteiger partial charge < -0.3 is 0 Å². The third-order valence-corrected chi connectivity index (χ3v) is 3.85. The van der Waals surface area contributed by atoms with Crippen LogP contribution in [0.2, 0.25) is 0 Å². The molecule has 0 atom stereocenters. The van der Waals surface area contributed by atoms with Crippen LogP contribution < -0.4 is 4.89 Å². The quantitative estimate of drug-likeness (QED) is 0.658. The Hall–Kier alpha value is -1.72. The molecule has 0 heterocycles. The second-order valence-electron chi connectivity index (χ2n) is 4.13. The lowest BCUT2D eigenvalue weighted by Gasteiger charge is -2.12. The summed E-state index contributed by atoms with van der Waals surface area (Å²) >= 11 is 0. The predicted molar refractivity (Wildman–Crippen MR) is 64.9 cm³/mol. The minimum absolute atomic E-state index is 0.170. The molecular formula is C10H11F3N2O5S. The van der Waals surface area contributed by atoms with Gasteiger partial charge in [-0.25, -0.2) is 8.42 Å². The topological polar surface area (TPSA) is 98.5 Å². The fourth-order valence-corrected chi connectivity index (χ4v) is 2.57. The zero-order valence-corrected chi connectivity index (χ0v) is 11.7. The van der Waals surface area contributed by atoms with Gasteiger partial charge in [-0.05, 0) is 25.0 Å². The minimum atomic E-state index is -4.71. The fraction of sp³-hybridized carbons (Fsp3) is 0.400. The van der Waals surface area contributed by atoms with Crippen molar-refractivity contribution in [2.45, 2.75) is 24.9 Å². The first-order chi connectivity index (χ1) is 9.44. The number of nitro benzene ring substituents is 1. The van der Waals surface area contributed by atoms with E-state index < -0.39 is 38.3 Å². The van der Waals surface area contributed by atoms with Gasteiger partial charge in [-0.3, -0.25) is 15.0 Å². The summed E-state index contributed by atoms with van der Waals surface area (Å²) in [6.07, 6.45) is -4.71. The van der Waals surface area contributed by atoms with Gasteiger partial charge in [0, 0.05) is 12.1 Å². The number of nitro groups is 1. The average molecular weight is 328 g/mol. The molecule has 1 aromatic rings. The summed E-state index contributed by atoms with van der Waals surface area (Å²) in [5.74, 6) is 0. The number of benzene rings is 1. The molecular weight excluding hydrogens is 317 g/mol. The highest BCUT2D eigenvalue weighted by Crippen LogP contribution is 2.25. The molecule has 0 aromatic heterocycles. The van der Waals surface area contributed by atoms with Crippen molar-refractivity contribution in [1.82, 2.24) is 4.89 Å². The van der Waals surface area contributed by atoms with Crippen LogP contribution in [0, 0.1) is 24.0 Å². The summed E-state index contributed by atoms with van der Waals surface area (Å²) in [5, 5.41) is 10.7. The maximum atomic E-state index is 11.9. The molecule has 11 heteroatoms.